The molecule has 0 fully saturated rings. The van der Waals surface area contributed by atoms with Crippen molar-refractivity contribution in [3.8, 4) is 5.95 Å². The summed E-state index contributed by atoms with van der Waals surface area (Å²) in [6.45, 7) is 0. The molecule has 0 spiro atoms. The number of hydrogen-bond donors (Lipinski definition) is 1. The van der Waals surface area contributed by atoms with E-state index in [9.17, 15) is 4.79 Å². The molecule has 5 heteroatoms. The van der Waals surface area contributed by atoms with E-state index < -0.39 is 5.97 Å². The van der Waals surface area contributed by atoms with Gasteiger partial charge in [-0.3, -0.25) is 0 Å². The van der Waals surface area contributed by atoms with Gasteiger partial charge in [-0.2, -0.15) is 0 Å². The Balaban J connectivity index is 3.05. The van der Waals surface area contributed by atoms with Gasteiger partial charge in [-0.05, 0) is 0 Å². The Morgan fingerprint density at radius 3 is 2.73 bits per heavy atom. The van der Waals surface area contributed by atoms with E-state index in [4.69, 9.17) is 16.7 Å². The van der Waals surface area contributed by atoms with Crippen LogP contribution in [0.25, 0.3) is 0 Å². The van der Waals surface area contributed by atoms with Crippen LogP contribution in [0.15, 0.2) is 10.5 Å². The number of ether oxygens (including phenoxy) is 1. The maximum absolute atomic E-state index is 10.3. The summed E-state index contributed by atoms with van der Waals surface area (Å²) in [5.74, 6) is -1.38. The van der Waals surface area contributed by atoms with E-state index >= 15 is 0 Å². The molecule has 1 aromatic heterocycles. The van der Waals surface area contributed by atoms with E-state index in [1.165, 1.54) is 13.2 Å². The molecule has 0 aliphatic carbocycles. The number of carbonyl (C=O) groups is 1. The van der Waals surface area contributed by atoms with Crippen molar-refractivity contribution in [2.45, 2.75) is 0 Å². The van der Waals surface area contributed by atoms with Gasteiger partial charge < -0.3 is 14.3 Å². The highest BCUT2D eigenvalue weighted by Gasteiger charge is 2.14. The molecule has 4 nitrogen and oxygen atoms in total. The van der Waals surface area contributed by atoms with Crippen molar-refractivity contribution in [3.05, 3.63) is 16.8 Å². The Bertz CT molecular complexity index is 278. The first-order chi connectivity index (χ1) is 5.15. The summed E-state index contributed by atoms with van der Waals surface area (Å²) in [6.07, 6.45) is 0. The third-order valence-electron chi connectivity index (χ3n) is 1.05. The molecule has 60 valence electrons. The third-order valence-corrected chi connectivity index (χ3v) is 1.32. The van der Waals surface area contributed by atoms with Crippen LogP contribution in [0.1, 0.15) is 10.6 Å². The van der Waals surface area contributed by atoms with Gasteiger partial charge in [0.2, 0.25) is 5.76 Å². The lowest BCUT2D eigenvalue weighted by Crippen LogP contribution is -1.91. The van der Waals surface area contributed by atoms with Crippen molar-refractivity contribution in [2.75, 3.05) is 7.11 Å². The van der Waals surface area contributed by atoms with Crippen LogP contribution in [-0.2, 0) is 0 Å². The van der Waals surface area contributed by atoms with Crippen LogP contribution in [0.3, 0.4) is 0 Å². The first-order valence-electron chi connectivity index (χ1n) is 2.71. The maximum Gasteiger partial charge on any atom is 0.372 e. The molecule has 0 amide bonds. The molecule has 1 heterocycles. The molecule has 0 saturated heterocycles. The fraction of sp³-hybridized carbons (Fsp3) is 0.167. The zero-order chi connectivity index (χ0) is 8.43. The summed E-state index contributed by atoms with van der Waals surface area (Å²) in [5, 5.41) is 8.57. The molecular weight excluding hydrogens is 172 g/mol. The minimum Gasteiger partial charge on any atom is -0.475 e. The monoisotopic (exact) mass is 176 g/mol. The SMILES string of the molecule is COc1oc(C(=O)O)cc1Cl. The Hall–Kier alpha value is -1.16. The number of rotatable bonds is 2. The number of carboxylic acids is 1. The Morgan fingerprint density at radius 1 is 1.82 bits per heavy atom. The third kappa shape index (κ3) is 1.46. The number of methoxy groups -OCH3 is 1. The first-order valence-corrected chi connectivity index (χ1v) is 3.09. The summed E-state index contributed by atoms with van der Waals surface area (Å²) in [7, 11) is 1.34. The number of halogens is 1. The second-order valence-corrected chi connectivity index (χ2v) is 2.16. The smallest absolute Gasteiger partial charge is 0.372 e. The van der Waals surface area contributed by atoms with Crippen molar-refractivity contribution in [3.63, 3.8) is 0 Å². The molecule has 0 bridgehead atoms. The molecular formula is C6H5ClO4. The fourth-order valence-corrected chi connectivity index (χ4v) is 0.811. The topological polar surface area (TPSA) is 59.7 Å². The fourth-order valence-electron chi connectivity index (χ4n) is 0.597. The lowest BCUT2D eigenvalue weighted by Gasteiger charge is -1.90. The molecule has 11 heavy (non-hydrogen) atoms. The number of carboxylic acid groups (broad SMARTS) is 1. The van der Waals surface area contributed by atoms with Crippen LogP contribution in [-0.4, -0.2) is 18.2 Å². The zero-order valence-electron chi connectivity index (χ0n) is 5.63. The van der Waals surface area contributed by atoms with E-state index in [0.717, 1.165) is 0 Å². The van der Waals surface area contributed by atoms with Gasteiger partial charge in [0.25, 0.3) is 0 Å². The predicted molar refractivity (Wildman–Crippen MR) is 37.2 cm³/mol. The van der Waals surface area contributed by atoms with Gasteiger partial charge in [-0.1, -0.05) is 11.6 Å². The van der Waals surface area contributed by atoms with Crippen molar-refractivity contribution in [2.24, 2.45) is 0 Å². The molecule has 0 unspecified atom stereocenters. The minimum atomic E-state index is -1.17. The van der Waals surface area contributed by atoms with Crippen LogP contribution < -0.4 is 4.74 Å². The molecule has 0 aliphatic rings. The largest absolute Gasteiger partial charge is 0.475 e. The molecule has 0 atom stereocenters. The van der Waals surface area contributed by atoms with Gasteiger partial charge in [0.15, 0.2) is 0 Å². The number of aromatic carboxylic acids is 1. The predicted octanol–water partition coefficient (Wildman–Crippen LogP) is 1.64. The molecule has 0 aromatic carbocycles. The summed E-state index contributed by atoms with van der Waals surface area (Å²) in [5.41, 5.74) is 0. The van der Waals surface area contributed by atoms with E-state index in [-0.39, 0.29) is 16.7 Å². The van der Waals surface area contributed by atoms with Crippen LogP contribution >= 0.6 is 11.6 Å². The van der Waals surface area contributed by atoms with Crippen molar-refractivity contribution in [1.29, 1.82) is 0 Å². The van der Waals surface area contributed by atoms with Gasteiger partial charge in [-0.15, -0.1) is 0 Å². The number of furan rings is 1. The molecule has 0 aliphatic heterocycles. The maximum atomic E-state index is 10.3. The van der Waals surface area contributed by atoms with E-state index in [1.807, 2.05) is 0 Å². The molecule has 0 radical (unpaired) electrons. The highest BCUT2D eigenvalue weighted by molar-refractivity contribution is 6.32. The minimum absolute atomic E-state index is 0.0177. The molecule has 1 aromatic rings. The second-order valence-electron chi connectivity index (χ2n) is 1.76. The summed E-state index contributed by atoms with van der Waals surface area (Å²) < 4.78 is 9.29. The average Bonchev–Trinajstić information content (AvgIpc) is 2.31. The highest BCUT2D eigenvalue weighted by Crippen LogP contribution is 2.27. The van der Waals surface area contributed by atoms with Crippen LogP contribution in [0.2, 0.25) is 5.02 Å². The normalized spacial score (nSPS) is 9.64. The lowest BCUT2D eigenvalue weighted by atomic mass is 10.5. The number of hydrogen-bond acceptors (Lipinski definition) is 3. The van der Waals surface area contributed by atoms with Gasteiger partial charge in [0, 0.05) is 6.07 Å². The zero-order valence-corrected chi connectivity index (χ0v) is 6.38. The average molecular weight is 177 g/mol. The van der Waals surface area contributed by atoms with Crippen LogP contribution in [0.5, 0.6) is 5.95 Å². The molecule has 0 saturated carbocycles. The Labute approximate surface area is 67.3 Å². The van der Waals surface area contributed by atoms with Crippen LogP contribution in [0, 0.1) is 0 Å². The van der Waals surface area contributed by atoms with Crippen LogP contribution in [0.4, 0.5) is 0 Å². The van der Waals surface area contributed by atoms with Crippen molar-refractivity contribution < 1.29 is 19.1 Å². The Morgan fingerprint density at radius 2 is 2.45 bits per heavy atom. The van der Waals surface area contributed by atoms with Gasteiger partial charge in [0.1, 0.15) is 5.02 Å². The van der Waals surface area contributed by atoms with Crippen molar-refractivity contribution in [1.82, 2.24) is 0 Å². The molecule has 1 N–H and O–H groups in total. The van der Waals surface area contributed by atoms with Gasteiger partial charge in [-0.25, -0.2) is 4.79 Å². The standard InChI is InChI=1S/C6H5ClO4/c1-10-6-3(7)2-4(11-6)5(8)9/h2H,1H3,(H,8,9). The van der Waals surface area contributed by atoms with E-state index in [0.29, 0.717) is 0 Å². The van der Waals surface area contributed by atoms with E-state index in [2.05, 4.69) is 9.15 Å². The van der Waals surface area contributed by atoms with Gasteiger partial charge in [0.05, 0.1) is 7.11 Å². The quantitative estimate of drug-likeness (QED) is 0.744. The van der Waals surface area contributed by atoms with E-state index in [1.54, 1.807) is 0 Å². The summed E-state index contributed by atoms with van der Waals surface area (Å²) >= 11 is 5.51. The van der Waals surface area contributed by atoms with Gasteiger partial charge >= 0.3 is 11.9 Å². The summed E-state index contributed by atoms with van der Waals surface area (Å²) in [4.78, 5) is 10.3. The van der Waals surface area contributed by atoms with Crippen molar-refractivity contribution >= 4 is 17.6 Å². The lowest BCUT2D eigenvalue weighted by molar-refractivity contribution is 0.0656. The highest BCUT2D eigenvalue weighted by atomic mass is 35.5. The summed E-state index contributed by atoms with van der Waals surface area (Å²) in [6, 6.07) is 1.18. The first kappa shape index (κ1) is 7.94. The Kier molecular flexibility index (Phi) is 2.05. The molecule has 1 rings (SSSR count). The second kappa shape index (κ2) is 2.84.